The second-order valence-corrected chi connectivity index (χ2v) is 4.40. The predicted octanol–water partition coefficient (Wildman–Crippen LogP) is -0.992. The SMILES string of the molecule is NC(=O)NCCN1CCC(NC2CC2)C1=O. The van der Waals surface area contributed by atoms with Gasteiger partial charge in [-0.25, -0.2) is 4.79 Å². The monoisotopic (exact) mass is 226 g/mol. The molecule has 0 bridgehead atoms. The number of carbonyl (C=O) groups excluding carboxylic acids is 2. The Balaban J connectivity index is 1.70. The Bertz CT molecular complexity index is 291. The molecule has 1 aliphatic carbocycles. The Labute approximate surface area is 94.5 Å². The molecule has 0 aromatic heterocycles. The highest BCUT2D eigenvalue weighted by Crippen LogP contribution is 2.22. The van der Waals surface area contributed by atoms with Crippen LogP contribution in [-0.2, 0) is 4.79 Å². The smallest absolute Gasteiger partial charge is 0.312 e. The van der Waals surface area contributed by atoms with Crippen molar-refractivity contribution in [2.75, 3.05) is 19.6 Å². The fraction of sp³-hybridized carbons (Fsp3) is 0.800. The van der Waals surface area contributed by atoms with Crippen LogP contribution in [0, 0.1) is 0 Å². The van der Waals surface area contributed by atoms with Crippen LogP contribution >= 0.6 is 0 Å². The van der Waals surface area contributed by atoms with Gasteiger partial charge < -0.3 is 21.3 Å². The number of primary amides is 1. The zero-order chi connectivity index (χ0) is 11.5. The van der Waals surface area contributed by atoms with E-state index in [4.69, 9.17) is 5.73 Å². The van der Waals surface area contributed by atoms with Crippen LogP contribution in [0.4, 0.5) is 4.79 Å². The van der Waals surface area contributed by atoms with E-state index in [2.05, 4.69) is 10.6 Å². The topological polar surface area (TPSA) is 87.5 Å². The highest BCUT2D eigenvalue weighted by atomic mass is 16.2. The first-order valence-corrected chi connectivity index (χ1v) is 5.75. The van der Waals surface area contributed by atoms with Gasteiger partial charge in [-0.05, 0) is 19.3 Å². The molecular weight excluding hydrogens is 208 g/mol. The Morgan fingerprint density at radius 2 is 2.19 bits per heavy atom. The number of nitrogens with zero attached hydrogens (tertiary/aromatic N) is 1. The zero-order valence-electron chi connectivity index (χ0n) is 9.24. The van der Waals surface area contributed by atoms with Gasteiger partial charge in [0.05, 0.1) is 6.04 Å². The van der Waals surface area contributed by atoms with Crippen molar-refractivity contribution in [1.82, 2.24) is 15.5 Å². The Morgan fingerprint density at radius 1 is 1.44 bits per heavy atom. The number of likely N-dealkylation sites (tertiary alicyclic amines) is 1. The molecule has 0 radical (unpaired) electrons. The summed E-state index contributed by atoms with van der Waals surface area (Å²) < 4.78 is 0. The van der Waals surface area contributed by atoms with Gasteiger partial charge in [0, 0.05) is 25.7 Å². The molecule has 2 fully saturated rings. The average Bonchev–Trinajstić information content (AvgIpc) is 2.97. The Hall–Kier alpha value is -1.30. The van der Waals surface area contributed by atoms with Gasteiger partial charge in [0.2, 0.25) is 5.91 Å². The first kappa shape index (κ1) is 11.2. The highest BCUT2D eigenvalue weighted by molar-refractivity contribution is 5.84. The van der Waals surface area contributed by atoms with Crippen LogP contribution in [0.1, 0.15) is 19.3 Å². The molecule has 6 heteroatoms. The molecule has 1 saturated heterocycles. The van der Waals surface area contributed by atoms with E-state index >= 15 is 0 Å². The third-order valence-corrected chi connectivity index (χ3v) is 2.99. The molecule has 0 spiro atoms. The van der Waals surface area contributed by atoms with E-state index in [1.807, 2.05) is 0 Å². The third-order valence-electron chi connectivity index (χ3n) is 2.99. The molecule has 1 heterocycles. The first-order chi connectivity index (χ1) is 7.66. The minimum atomic E-state index is -0.542. The van der Waals surface area contributed by atoms with Crippen molar-refractivity contribution >= 4 is 11.9 Å². The quantitative estimate of drug-likeness (QED) is 0.562. The van der Waals surface area contributed by atoms with Crippen molar-refractivity contribution < 1.29 is 9.59 Å². The van der Waals surface area contributed by atoms with Crippen LogP contribution in [0.2, 0.25) is 0 Å². The van der Waals surface area contributed by atoms with Gasteiger partial charge in [-0.1, -0.05) is 0 Å². The summed E-state index contributed by atoms with van der Waals surface area (Å²) >= 11 is 0. The molecule has 1 unspecified atom stereocenters. The first-order valence-electron chi connectivity index (χ1n) is 5.75. The van der Waals surface area contributed by atoms with Crippen LogP contribution < -0.4 is 16.4 Å². The summed E-state index contributed by atoms with van der Waals surface area (Å²) in [5.41, 5.74) is 4.95. The van der Waals surface area contributed by atoms with Gasteiger partial charge in [0.25, 0.3) is 0 Å². The second-order valence-electron chi connectivity index (χ2n) is 4.40. The van der Waals surface area contributed by atoms with E-state index in [0.717, 1.165) is 13.0 Å². The van der Waals surface area contributed by atoms with Crippen LogP contribution in [0.25, 0.3) is 0 Å². The number of nitrogens with two attached hydrogens (primary N) is 1. The molecule has 6 nitrogen and oxygen atoms in total. The number of amides is 3. The summed E-state index contributed by atoms with van der Waals surface area (Å²) in [6.07, 6.45) is 3.24. The lowest BCUT2D eigenvalue weighted by Crippen LogP contribution is -2.42. The molecule has 0 aromatic carbocycles. The molecular formula is C10H18N4O2. The van der Waals surface area contributed by atoms with E-state index < -0.39 is 6.03 Å². The lowest BCUT2D eigenvalue weighted by atomic mass is 10.2. The molecule has 90 valence electrons. The maximum absolute atomic E-state index is 11.9. The molecule has 1 atom stereocenters. The lowest BCUT2D eigenvalue weighted by molar-refractivity contribution is -0.129. The molecule has 2 aliphatic rings. The Morgan fingerprint density at radius 3 is 2.81 bits per heavy atom. The second kappa shape index (κ2) is 4.69. The summed E-state index contributed by atoms with van der Waals surface area (Å²) in [6.45, 7) is 1.74. The van der Waals surface area contributed by atoms with Crippen LogP contribution in [-0.4, -0.2) is 48.6 Å². The van der Waals surface area contributed by atoms with E-state index in [0.29, 0.717) is 19.1 Å². The summed E-state index contributed by atoms with van der Waals surface area (Å²) in [4.78, 5) is 24.1. The third kappa shape index (κ3) is 2.85. The fourth-order valence-electron chi connectivity index (χ4n) is 1.96. The number of hydrogen-bond donors (Lipinski definition) is 3. The zero-order valence-corrected chi connectivity index (χ0v) is 9.24. The molecule has 3 amide bonds. The molecule has 0 aromatic rings. The summed E-state index contributed by atoms with van der Waals surface area (Å²) in [5, 5.41) is 5.81. The van der Waals surface area contributed by atoms with Crippen LogP contribution in [0.5, 0.6) is 0 Å². The van der Waals surface area contributed by atoms with Crippen LogP contribution in [0.3, 0.4) is 0 Å². The largest absolute Gasteiger partial charge is 0.352 e. The van der Waals surface area contributed by atoms with Gasteiger partial charge >= 0.3 is 6.03 Å². The van der Waals surface area contributed by atoms with Gasteiger partial charge in [-0.15, -0.1) is 0 Å². The number of hydrogen-bond acceptors (Lipinski definition) is 3. The van der Waals surface area contributed by atoms with Crippen molar-refractivity contribution in [2.45, 2.75) is 31.3 Å². The van der Waals surface area contributed by atoms with Gasteiger partial charge in [0.15, 0.2) is 0 Å². The van der Waals surface area contributed by atoms with Crippen molar-refractivity contribution in [3.05, 3.63) is 0 Å². The standard InChI is InChI=1S/C10H18N4O2/c11-10(16)12-4-6-14-5-3-8(9(14)15)13-7-1-2-7/h7-8,13H,1-6H2,(H3,11,12,16). The van der Waals surface area contributed by atoms with Crippen LogP contribution in [0.15, 0.2) is 0 Å². The van der Waals surface area contributed by atoms with Crippen molar-refractivity contribution in [2.24, 2.45) is 5.73 Å². The summed E-state index contributed by atoms with van der Waals surface area (Å²) in [6, 6.07) is -0.00183. The molecule has 16 heavy (non-hydrogen) atoms. The predicted molar refractivity (Wildman–Crippen MR) is 58.7 cm³/mol. The van der Waals surface area contributed by atoms with E-state index in [-0.39, 0.29) is 11.9 Å². The maximum Gasteiger partial charge on any atom is 0.312 e. The summed E-state index contributed by atoms with van der Waals surface area (Å²) in [7, 11) is 0. The number of carbonyl (C=O) groups is 2. The molecule has 1 aliphatic heterocycles. The number of urea groups is 1. The van der Waals surface area contributed by atoms with Crippen molar-refractivity contribution in [3.8, 4) is 0 Å². The molecule has 1 saturated carbocycles. The van der Waals surface area contributed by atoms with Crippen molar-refractivity contribution in [3.63, 3.8) is 0 Å². The maximum atomic E-state index is 11.9. The number of nitrogens with one attached hydrogen (secondary N) is 2. The molecule has 4 N–H and O–H groups in total. The van der Waals surface area contributed by atoms with E-state index in [1.54, 1.807) is 4.90 Å². The number of rotatable bonds is 5. The van der Waals surface area contributed by atoms with E-state index in [9.17, 15) is 9.59 Å². The molecule has 2 rings (SSSR count). The lowest BCUT2D eigenvalue weighted by Gasteiger charge is -2.16. The average molecular weight is 226 g/mol. The Kier molecular flexibility index (Phi) is 3.28. The minimum absolute atomic E-state index is 0.0129. The highest BCUT2D eigenvalue weighted by Gasteiger charge is 2.35. The van der Waals surface area contributed by atoms with Gasteiger partial charge in [-0.2, -0.15) is 0 Å². The van der Waals surface area contributed by atoms with Crippen molar-refractivity contribution in [1.29, 1.82) is 0 Å². The van der Waals surface area contributed by atoms with Gasteiger partial charge in [-0.3, -0.25) is 4.79 Å². The minimum Gasteiger partial charge on any atom is -0.352 e. The fourth-order valence-corrected chi connectivity index (χ4v) is 1.96. The normalized spacial score (nSPS) is 24.9. The van der Waals surface area contributed by atoms with E-state index in [1.165, 1.54) is 12.8 Å². The summed E-state index contributed by atoms with van der Waals surface area (Å²) in [5.74, 6) is 0.151. The van der Waals surface area contributed by atoms with Gasteiger partial charge in [0.1, 0.15) is 0 Å².